The van der Waals surface area contributed by atoms with Gasteiger partial charge in [-0.3, -0.25) is 4.68 Å². The van der Waals surface area contributed by atoms with Crippen LogP contribution in [0.3, 0.4) is 0 Å². The Labute approximate surface area is 105 Å². The third-order valence-corrected chi connectivity index (χ3v) is 2.68. The van der Waals surface area contributed by atoms with E-state index in [4.69, 9.17) is 5.73 Å². The van der Waals surface area contributed by atoms with Gasteiger partial charge in [-0.15, -0.1) is 0 Å². The molecule has 0 amide bonds. The lowest BCUT2D eigenvalue weighted by atomic mass is 10.0. The van der Waals surface area contributed by atoms with Crippen molar-refractivity contribution in [3.63, 3.8) is 0 Å². The van der Waals surface area contributed by atoms with Gasteiger partial charge in [-0.05, 0) is 13.3 Å². The van der Waals surface area contributed by atoms with E-state index in [0.29, 0.717) is 6.42 Å². The van der Waals surface area contributed by atoms with Gasteiger partial charge in [-0.25, -0.2) is 0 Å². The third kappa shape index (κ3) is 3.85. The minimum absolute atomic E-state index is 0.00819. The second kappa shape index (κ2) is 4.69. The van der Waals surface area contributed by atoms with E-state index in [1.807, 2.05) is 0 Å². The van der Waals surface area contributed by atoms with Crippen LogP contribution in [0.2, 0.25) is 0 Å². The normalized spacial score (nSPS) is 16.5. The van der Waals surface area contributed by atoms with Gasteiger partial charge in [0.25, 0.3) is 0 Å². The average Bonchev–Trinajstić information content (AvgIpc) is 2.59. The van der Waals surface area contributed by atoms with Crippen LogP contribution < -0.4 is 5.73 Å². The molecule has 1 rings (SSSR count). The minimum atomic E-state index is -4.93. The minimum Gasteiger partial charge on any atom is -0.324 e. The summed E-state index contributed by atoms with van der Waals surface area (Å²) in [6.07, 6.45) is -9.55. The first-order valence-electron chi connectivity index (χ1n) is 5.38. The Bertz CT molecular complexity index is 443. The summed E-state index contributed by atoms with van der Waals surface area (Å²) < 4.78 is 75.5. The van der Waals surface area contributed by atoms with Crippen molar-refractivity contribution in [1.29, 1.82) is 0 Å². The first-order valence-corrected chi connectivity index (χ1v) is 5.38. The average molecular weight is 289 g/mol. The largest absolute Gasteiger partial charge is 0.435 e. The molecule has 1 atom stereocenters. The van der Waals surface area contributed by atoms with Crippen LogP contribution in [0.5, 0.6) is 0 Å². The maximum atomic E-state index is 12.7. The van der Waals surface area contributed by atoms with Crippen molar-refractivity contribution in [2.24, 2.45) is 5.73 Å². The lowest BCUT2D eigenvalue weighted by Crippen LogP contribution is -2.41. The van der Waals surface area contributed by atoms with Crippen molar-refractivity contribution in [1.82, 2.24) is 9.78 Å². The van der Waals surface area contributed by atoms with Crippen molar-refractivity contribution in [2.45, 2.75) is 44.7 Å². The zero-order valence-corrected chi connectivity index (χ0v) is 10.2. The molecule has 0 saturated heterocycles. The number of rotatable bonds is 3. The van der Waals surface area contributed by atoms with E-state index >= 15 is 0 Å². The highest BCUT2D eigenvalue weighted by molar-refractivity contribution is 5.16. The molecule has 0 aliphatic carbocycles. The fourth-order valence-corrected chi connectivity index (χ4v) is 1.36. The van der Waals surface area contributed by atoms with Gasteiger partial charge in [-0.2, -0.15) is 31.4 Å². The lowest BCUT2D eigenvalue weighted by molar-refractivity contribution is -0.144. The molecule has 0 bridgehead atoms. The molecule has 1 aromatic heterocycles. The molecular formula is C10H13F6N3. The maximum absolute atomic E-state index is 12.7. The van der Waals surface area contributed by atoms with Crippen LogP contribution in [0.15, 0.2) is 6.07 Å². The molecule has 0 aromatic carbocycles. The highest BCUT2D eigenvalue weighted by Gasteiger charge is 2.42. The zero-order valence-electron chi connectivity index (χ0n) is 10.2. The van der Waals surface area contributed by atoms with Crippen LogP contribution in [-0.2, 0) is 18.9 Å². The number of halogens is 6. The Kier molecular flexibility index (Phi) is 3.91. The second-order valence-corrected chi connectivity index (χ2v) is 4.58. The molecule has 2 N–H and O–H groups in total. The van der Waals surface area contributed by atoms with Crippen LogP contribution in [0.4, 0.5) is 26.3 Å². The molecule has 0 aliphatic heterocycles. The summed E-state index contributed by atoms with van der Waals surface area (Å²) in [4.78, 5) is 0. The second-order valence-electron chi connectivity index (χ2n) is 4.58. The van der Waals surface area contributed by atoms with E-state index in [0.717, 1.165) is 0 Å². The summed E-state index contributed by atoms with van der Waals surface area (Å²) in [7, 11) is 0. The Morgan fingerprint density at radius 3 is 2.05 bits per heavy atom. The smallest absolute Gasteiger partial charge is 0.324 e. The van der Waals surface area contributed by atoms with Crippen molar-refractivity contribution in [3.8, 4) is 0 Å². The molecule has 0 fully saturated rings. The van der Waals surface area contributed by atoms with E-state index in [-0.39, 0.29) is 10.7 Å². The number of alkyl halides is 6. The SMILES string of the molecule is CC[C@@](C)(N)Cn1nc(C(F)(F)F)cc1C(F)(F)F. The number of nitrogens with two attached hydrogens (primary N) is 1. The number of hydrogen-bond donors (Lipinski definition) is 1. The molecule has 3 nitrogen and oxygen atoms in total. The molecule has 1 aromatic rings. The first-order chi connectivity index (χ1) is 8.37. The van der Waals surface area contributed by atoms with Gasteiger partial charge >= 0.3 is 12.4 Å². The highest BCUT2D eigenvalue weighted by atomic mass is 19.4. The van der Waals surface area contributed by atoms with E-state index in [1.165, 1.54) is 6.92 Å². The van der Waals surface area contributed by atoms with Crippen LogP contribution in [0.25, 0.3) is 0 Å². The zero-order chi connectivity index (χ0) is 15.1. The predicted molar refractivity (Wildman–Crippen MR) is 55.1 cm³/mol. The van der Waals surface area contributed by atoms with E-state index in [9.17, 15) is 26.3 Å². The van der Waals surface area contributed by atoms with Crippen LogP contribution in [0, 0.1) is 0 Å². The Morgan fingerprint density at radius 1 is 1.16 bits per heavy atom. The molecule has 1 heterocycles. The van der Waals surface area contributed by atoms with Gasteiger partial charge < -0.3 is 5.73 Å². The standard InChI is InChI=1S/C10H13F6N3/c1-3-8(2,17)5-19-7(10(14,15)16)4-6(18-19)9(11,12)13/h4H,3,5,17H2,1-2H3/t8-/m1/s1. The van der Waals surface area contributed by atoms with Crippen molar-refractivity contribution < 1.29 is 26.3 Å². The van der Waals surface area contributed by atoms with Crippen LogP contribution >= 0.6 is 0 Å². The summed E-state index contributed by atoms with van der Waals surface area (Å²) in [5.41, 5.74) is 1.56. The molecule has 0 aliphatic rings. The van der Waals surface area contributed by atoms with E-state index in [1.54, 1.807) is 6.92 Å². The first kappa shape index (κ1) is 15.8. The predicted octanol–water partition coefficient (Wildman–Crippen LogP) is 3.05. The van der Waals surface area contributed by atoms with Gasteiger partial charge in [0.2, 0.25) is 0 Å². The van der Waals surface area contributed by atoms with Gasteiger partial charge in [0.05, 0.1) is 6.54 Å². The maximum Gasteiger partial charge on any atom is 0.435 e. The molecule has 0 saturated carbocycles. The number of nitrogens with zero attached hydrogens (tertiary/aromatic N) is 2. The van der Waals surface area contributed by atoms with Gasteiger partial charge in [0, 0.05) is 11.6 Å². The van der Waals surface area contributed by atoms with Crippen LogP contribution in [-0.4, -0.2) is 15.3 Å². The van der Waals surface area contributed by atoms with Crippen LogP contribution in [0.1, 0.15) is 31.7 Å². The molecule has 9 heteroatoms. The highest BCUT2D eigenvalue weighted by Crippen LogP contribution is 2.35. The number of aromatic nitrogens is 2. The molecule has 0 unspecified atom stereocenters. The topological polar surface area (TPSA) is 43.8 Å². The Morgan fingerprint density at radius 2 is 1.68 bits per heavy atom. The summed E-state index contributed by atoms with van der Waals surface area (Å²) >= 11 is 0. The third-order valence-electron chi connectivity index (χ3n) is 2.68. The lowest BCUT2D eigenvalue weighted by Gasteiger charge is -2.24. The fourth-order valence-electron chi connectivity index (χ4n) is 1.36. The molecule has 0 spiro atoms. The molecule has 0 radical (unpaired) electrons. The summed E-state index contributed by atoms with van der Waals surface area (Å²) in [5, 5.41) is 2.97. The summed E-state index contributed by atoms with van der Waals surface area (Å²) in [6.45, 7) is 2.62. The monoisotopic (exact) mass is 289 g/mol. The Hall–Kier alpha value is -1.25. The number of hydrogen-bond acceptors (Lipinski definition) is 2. The van der Waals surface area contributed by atoms with Gasteiger partial charge in [0.1, 0.15) is 5.69 Å². The summed E-state index contributed by atoms with van der Waals surface area (Å²) in [6, 6.07) is -0.00819. The van der Waals surface area contributed by atoms with E-state index < -0.39 is 35.8 Å². The van der Waals surface area contributed by atoms with Gasteiger partial charge in [-0.1, -0.05) is 6.92 Å². The fraction of sp³-hybridized carbons (Fsp3) is 0.700. The summed E-state index contributed by atoms with van der Waals surface area (Å²) in [5.74, 6) is 0. The quantitative estimate of drug-likeness (QED) is 0.869. The molecular weight excluding hydrogens is 276 g/mol. The van der Waals surface area contributed by atoms with E-state index in [2.05, 4.69) is 5.10 Å². The van der Waals surface area contributed by atoms with Crippen molar-refractivity contribution in [3.05, 3.63) is 17.5 Å². The Balaban J connectivity index is 3.26. The molecule has 110 valence electrons. The van der Waals surface area contributed by atoms with Crippen molar-refractivity contribution in [2.75, 3.05) is 0 Å². The molecule has 19 heavy (non-hydrogen) atoms. The van der Waals surface area contributed by atoms with Crippen molar-refractivity contribution >= 4 is 0 Å². The van der Waals surface area contributed by atoms with Gasteiger partial charge in [0.15, 0.2) is 5.69 Å².